The molecule has 0 saturated heterocycles. The second kappa shape index (κ2) is 8.67. The molecule has 4 nitrogen and oxygen atoms in total. The topological polar surface area (TPSA) is 58.5 Å². The first kappa shape index (κ1) is 26.4. The molecule has 37 heavy (non-hydrogen) atoms. The second-order valence-electron chi connectivity index (χ2n) is 13.5. The summed E-state index contributed by atoms with van der Waals surface area (Å²) in [4.78, 5) is 30.8. The Hall–Kier alpha value is -2.18. The molecule has 1 amide bonds. The molecule has 0 radical (unpaired) electrons. The van der Waals surface area contributed by atoms with Crippen molar-refractivity contribution in [2.75, 3.05) is 11.9 Å². The van der Waals surface area contributed by atoms with Crippen molar-refractivity contribution in [3.8, 4) is 0 Å². The number of hydrogen-bond donors (Lipinski definition) is 1. The van der Waals surface area contributed by atoms with Crippen LogP contribution in [-0.2, 0) is 21.2 Å². The van der Waals surface area contributed by atoms with Crippen LogP contribution in [0.2, 0.25) is 0 Å². The minimum atomic E-state index is -4.47. The molecule has 3 saturated carbocycles. The van der Waals surface area contributed by atoms with Gasteiger partial charge >= 0.3 is 6.18 Å². The van der Waals surface area contributed by atoms with Crippen molar-refractivity contribution in [2.24, 2.45) is 39.5 Å². The van der Waals surface area contributed by atoms with Crippen LogP contribution in [0.15, 0.2) is 23.2 Å². The fraction of sp³-hybridized carbons (Fsp3) is 0.700. The molecular formula is C30H39F3N2O2. The van der Waals surface area contributed by atoms with Crippen LogP contribution >= 0.6 is 0 Å². The number of Topliss-reactive ketones (excluding diaryl/α,β-unsaturated/α-hetero) is 1. The van der Waals surface area contributed by atoms with Crippen LogP contribution in [0.5, 0.6) is 0 Å². The number of halogens is 3. The van der Waals surface area contributed by atoms with Crippen LogP contribution in [-0.4, -0.2) is 23.9 Å². The van der Waals surface area contributed by atoms with E-state index in [2.05, 4.69) is 19.2 Å². The first-order chi connectivity index (χ1) is 17.1. The van der Waals surface area contributed by atoms with E-state index in [9.17, 15) is 22.8 Å². The van der Waals surface area contributed by atoms with Gasteiger partial charge in [-0.1, -0.05) is 40.7 Å². The Bertz CT molecular complexity index is 1150. The standard InChI is InChI=1S/C30H39F3N2O2/c1-27(2,3)22-7-6-17(30(31,32)33)14-24(22)35-26(37)23-9-8-20-19-16-34-25-15-18(36)10-12-29(25,5)21(19)11-13-28(20,23)4/h6-7,14,19-21,23H,8-13,15-16H2,1-5H3,(H,35,37)/t19?,20?,21?,23-,28+,29-/m1/s1. The van der Waals surface area contributed by atoms with Gasteiger partial charge in [-0.05, 0) is 78.4 Å². The van der Waals surface area contributed by atoms with Crippen molar-refractivity contribution in [3.63, 3.8) is 0 Å². The van der Waals surface area contributed by atoms with Gasteiger partial charge in [-0.25, -0.2) is 0 Å². The van der Waals surface area contributed by atoms with Crippen LogP contribution in [0.3, 0.4) is 0 Å². The average molecular weight is 517 g/mol. The van der Waals surface area contributed by atoms with Crippen molar-refractivity contribution in [1.82, 2.24) is 0 Å². The van der Waals surface area contributed by atoms with Crippen LogP contribution in [0.25, 0.3) is 0 Å². The lowest BCUT2D eigenvalue weighted by Crippen LogP contribution is -2.55. The molecule has 1 aromatic rings. The van der Waals surface area contributed by atoms with Gasteiger partial charge in [0.2, 0.25) is 5.91 Å². The van der Waals surface area contributed by atoms with E-state index in [-0.39, 0.29) is 34.1 Å². The molecule has 3 aliphatic carbocycles. The van der Waals surface area contributed by atoms with E-state index in [4.69, 9.17) is 4.99 Å². The van der Waals surface area contributed by atoms with Crippen LogP contribution in [0.4, 0.5) is 18.9 Å². The molecule has 1 aliphatic heterocycles. The quantitative estimate of drug-likeness (QED) is 0.451. The van der Waals surface area contributed by atoms with Crippen molar-refractivity contribution >= 4 is 23.1 Å². The Morgan fingerprint density at radius 1 is 1.05 bits per heavy atom. The van der Waals surface area contributed by atoms with Gasteiger partial charge in [-0.3, -0.25) is 14.6 Å². The Balaban J connectivity index is 1.40. The number of rotatable bonds is 2. The zero-order valence-corrected chi connectivity index (χ0v) is 22.6. The summed E-state index contributed by atoms with van der Waals surface area (Å²) in [6, 6.07) is 3.68. The van der Waals surface area contributed by atoms with E-state index in [0.29, 0.717) is 36.2 Å². The molecule has 1 N–H and O–H groups in total. The molecule has 5 rings (SSSR count). The zero-order valence-electron chi connectivity index (χ0n) is 22.6. The Kier molecular flexibility index (Phi) is 6.19. The monoisotopic (exact) mass is 516 g/mol. The number of benzene rings is 1. The molecule has 0 spiro atoms. The number of ketones is 1. The first-order valence-corrected chi connectivity index (χ1v) is 13.7. The number of aliphatic imine (C=N–C) groups is 1. The fourth-order valence-electron chi connectivity index (χ4n) is 8.33. The van der Waals surface area contributed by atoms with Gasteiger partial charge in [0.05, 0.1) is 5.56 Å². The van der Waals surface area contributed by atoms with Gasteiger partial charge in [0.1, 0.15) is 5.78 Å². The highest BCUT2D eigenvalue weighted by Gasteiger charge is 2.60. The Morgan fingerprint density at radius 3 is 2.46 bits per heavy atom. The molecular weight excluding hydrogens is 477 g/mol. The fourth-order valence-corrected chi connectivity index (χ4v) is 8.33. The molecule has 0 bridgehead atoms. The summed E-state index contributed by atoms with van der Waals surface area (Å²) >= 11 is 0. The van der Waals surface area contributed by atoms with E-state index in [1.54, 1.807) is 0 Å². The Morgan fingerprint density at radius 2 is 1.78 bits per heavy atom. The molecule has 7 heteroatoms. The number of amides is 1. The van der Waals surface area contributed by atoms with Crippen molar-refractivity contribution in [2.45, 2.75) is 91.2 Å². The summed E-state index contributed by atoms with van der Waals surface area (Å²) in [6.45, 7) is 11.1. The lowest BCUT2D eigenvalue weighted by atomic mass is 9.49. The SMILES string of the molecule is CC(C)(C)c1ccc(C(F)(F)F)cc1NC(=O)[C@H]1CCC2C3CN=C4CC(=O)CC[C@]4(C)C3CC[C@@]21C. The summed E-state index contributed by atoms with van der Waals surface area (Å²) in [5, 5.41) is 2.96. The number of anilines is 1. The molecule has 202 valence electrons. The summed E-state index contributed by atoms with van der Waals surface area (Å²) in [5.74, 6) is 1.10. The van der Waals surface area contributed by atoms with E-state index < -0.39 is 17.2 Å². The summed E-state index contributed by atoms with van der Waals surface area (Å²) in [5.41, 5.74) is 0.648. The minimum Gasteiger partial charge on any atom is -0.326 e. The molecule has 3 unspecified atom stereocenters. The third-order valence-corrected chi connectivity index (χ3v) is 10.4. The van der Waals surface area contributed by atoms with Crippen LogP contribution in [0.1, 0.15) is 90.7 Å². The number of alkyl halides is 3. The largest absolute Gasteiger partial charge is 0.416 e. The van der Waals surface area contributed by atoms with Gasteiger partial charge < -0.3 is 5.32 Å². The smallest absolute Gasteiger partial charge is 0.326 e. The molecule has 0 aromatic heterocycles. The van der Waals surface area contributed by atoms with Gasteiger partial charge in [0.25, 0.3) is 0 Å². The highest BCUT2D eigenvalue weighted by atomic mass is 19.4. The zero-order chi connectivity index (χ0) is 27.0. The van der Waals surface area contributed by atoms with E-state index >= 15 is 0 Å². The highest BCUT2D eigenvalue weighted by Crippen LogP contribution is 2.63. The van der Waals surface area contributed by atoms with Gasteiger partial charge in [0.15, 0.2) is 0 Å². The maximum Gasteiger partial charge on any atom is 0.416 e. The molecule has 3 fully saturated rings. The normalized spacial score (nSPS) is 35.8. The number of carbonyl (C=O) groups excluding carboxylic acids is 2. The van der Waals surface area contributed by atoms with Crippen molar-refractivity contribution in [3.05, 3.63) is 29.3 Å². The summed E-state index contributed by atoms with van der Waals surface area (Å²) < 4.78 is 40.5. The summed E-state index contributed by atoms with van der Waals surface area (Å²) in [7, 11) is 0. The molecule has 1 heterocycles. The van der Waals surface area contributed by atoms with Crippen molar-refractivity contribution in [1.29, 1.82) is 0 Å². The average Bonchev–Trinajstić information content (AvgIpc) is 3.15. The first-order valence-electron chi connectivity index (χ1n) is 13.7. The van der Waals surface area contributed by atoms with Gasteiger partial charge in [-0.15, -0.1) is 0 Å². The minimum absolute atomic E-state index is 0.0296. The second-order valence-corrected chi connectivity index (χ2v) is 13.5. The third-order valence-electron chi connectivity index (χ3n) is 10.4. The van der Waals surface area contributed by atoms with E-state index in [1.165, 1.54) is 6.07 Å². The number of hydrogen-bond acceptors (Lipinski definition) is 3. The van der Waals surface area contributed by atoms with Crippen molar-refractivity contribution < 1.29 is 22.8 Å². The lowest BCUT2D eigenvalue weighted by Gasteiger charge is -2.56. The predicted octanol–water partition coefficient (Wildman–Crippen LogP) is 7.21. The predicted molar refractivity (Wildman–Crippen MR) is 139 cm³/mol. The van der Waals surface area contributed by atoms with Crippen LogP contribution < -0.4 is 5.32 Å². The van der Waals surface area contributed by atoms with Crippen LogP contribution in [0, 0.1) is 34.5 Å². The highest BCUT2D eigenvalue weighted by molar-refractivity contribution is 6.07. The number of nitrogens with one attached hydrogen (secondary N) is 1. The molecule has 4 aliphatic rings. The number of fused-ring (bicyclic) bond motifs is 5. The van der Waals surface area contributed by atoms with E-state index in [0.717, 1.165) is 56.5 Å². The third kappa shape index (κ3) is 4.34. The van der Waals surface area contributed by atoms with E-state index in [1.807, 2.05) is 20.8 Å². The van der Waals surface area contributed by atoms with Gasteiger partial charge in [0, 0.05) is 42.1 Å². The summed E-state index contributed by atoms with van der Waals surface area (Å²) in [6.07, 6.45) is 1.10. The molecule has 6 atom stereocenters. The maximum atomic E-state index is 13.7. The van der Waals surface area contributed by atoms with Gasteiger partial charge in [-0.2, -0.15) is 13.2 Å². The number of nitrogens with zero attached hydrogens (tertiary/aromatic N) is 1. The molecule has 1 aromatic carbocycles. The lowest BCUT2D eigenvalue weighted by molar-refractivity contribution is -0.137. The Labute approximate surface area is 217 Å². The maximum absolute atomic E-state index is 13.7. The number of carbonyl (C=O) groups is 2.